The van der Waals surface area contributed by atoms with Gasteiger partial charge in [-0.15, -0.1) is 0 Å². The number of ether oxygens (including phenoxy) is 3. The predicted molar refractivity (Wildman–Crippen MR) is 170 cm³/mol. The molecule has 14 heteroatoms. The number of alkyl carbamates (subject to hydrolysis) is 1. The summed E-state index contributed by atoms with van der Waals surface area (Å²) in [6.07, 6.45) is 3.51. The van der Waals surface area contributed by atoms with Gasteiger partial charge in [0, 0.05) is 31.1 Å². The highest BCUT2D eigenvalue weighted by atomic mass is 19.1. The van der Waals surface area contributed by atoms with E-state index in [9.17, 15) is 9.59 Å². The highest BCUT2D eigenvalue weighted by molar-refractivity contribution is 6.16. The third-order valence-electron chi connectivity index (χ3n) is 7.98. The van der Waals surface area contributed by atoms with Crippen LogP contribution in [-0.4, -0.2) is 74.0 Å². The Labute approximate surface area is 265 Å². The van der Waals surface area contributed by atoms with Crippen LogP contribution in [0.5, 0.6) is 11.8 Å². The number of fused-ring (bicyclic) bond motifs is 5. The van der Waals surface area contributed by atoms with Gasteiger partial charge in [-0.3, -0.25) is 4.90 Å². The van der Waals surface area contributed by atoms with Crippen molar-refractivity contribution < 1.29 is 28.2 Å². The molecule has 6 rings (SSSR count). The van der Waals surface area contributed by atoms with E-state index in [4.69, 9.17) is 19.2 Å². The lowest BCUT2D eigenvalue weighted by Crippen LogP contribution is -2.47. The number of nitrogens with zero attached hydrogens (tertiary/aromatic N) is 6. The molecular weight excluding hydrogens is 595 g/mol. The van der Waals surface area contributed by atoms with Gasteiger partial charge in [0.15, 0.2) is 5.75 Å². The lowest BCUT2D eigenvalue weighted by Gasteiger charge is -2.33. The van der Waals surface area contributed by atoms with E-state index in [2.05, 4.69) is 30.2 Å². The molecule has 2 N–H and O–H groups in total. The van der Waals surface area contributed by atoms with Crippen molar-refractivity contribution in [1.82, 2.24) is 30.2 Å². The number of nitrogens with one attached hydrogen (secondary N) is 2. The van der Waals surface area contributed by atoms with E-state index in [1.165, 1.54) is 36.5 Å². The molecule has 46 heavy (non-hydrogen) atoms. The predicted octanol–water partition coefficient (Wildman–Crippen LogP) is 6.00. The molecule has 0 spiro atoms. The Morgan fingerprint density at radius 1 is 1.04 bits per heavy atom. The number of piperidine rings is 1. The standard InChI is InChI=1S/C32H39FN8O5/c1-16-34-13-20(14-35-16)44-28-38-26-24(21-10-18(33)11-23(25(21)37-26)40(8)30(43)46-32(5,6)7)27(39-28)41-15-17-9-19(41)12-22(17)36-29(42)45-31(2,3)4/h10-11,13-14,17,19,22H,9,12,15H2,1-8H3,(H,36,42)(H,37,38,39)/t17-,19?,22-/m1/s1. The second-order valence-corrected chi connectivity index (χ2v) is 13.9. The monoisotopic (exact) mass is 634 g/mol. The van der Waals surface area contributed by atoms with Gasteiger partial charge >= 0.3 is 18.2 Å². The maximum atomic E-state index is 15.3. The van der Waals surface area contributed by atoms with Crippen molar-refractivity contribution in [1.29, 1.82) is 0 Å². The van der Waals surface area contributed by atoms with Crippen LogP contribution in [0.3, 0.4) is 0 Å². The normalized spacial score (nSPS) is 19.5. The summed E-state index contributed by atoms with van der Waals surface area (Å²) in [7, 11) is 1.53. The molecule has 2 aliphatic rings. The van der Waals surface area contributed by atoms with Gasteiger partial charge in [-0.2, -0.15) is 9.97 Å². The second kappa shape index (κ2) is 11.2. The van der Waals surface area contributed by atoms with Crippen molar-refractivity contribution in [3.63, 3.8) is 0 Å². The van der Waals surface area contributed by atoms with Crippen LogP contribution in [0.4, 0.5) is 25.5 Å². The number of H-pyrrole nitrogens is 1. The SMILES string of the molecule is Cc1ncc(Oc2nc(N3C[C@H]4CC3C[C@H]4NC(=O)OC(C)(C)C)c3c(n2)[nH]c2c(N(C)C(=O)OC(C)(C)C)cc(F)cc23)cn1. The summed E-state index contributed by atoms with van der Waals surface area (Å²) in [4.78, 5) is 50.2. The number of hydrogen-bond acceptors (Lipinski definition) is 10. The third-order valence-corrected chi connectivity index (χ3v) is 7.98. The Balaban J connectivity index is 1.41. The number of carbonyl (C=O) groups excluding carboxylic acids is 2. The Kier molecular flexibility index (Phi) is 7.64. The molecule has 0 radical (unpaired) electrons. The van der Waals surface area contributed by atoms with Gasteiger partial charge in [-0.25, -0.2) is 23.9 Å². The van der Waals surface area contributed by atoms with E-state index >= 15 is 4.39 Å². The third kappa shape index (κ3) is 6.33. The summed E-state index contributed by atoms with van der Waals surface area (Å²) >= 11 is 0. The van der Waals surface area contributed by atoms with Crippen molar-refractivity contribution >= 4 is 45.6 Å². The largest absolute Gasteiger partial charge is 0.444 e. The molecule has 1 aliphatic heterocycles. The molecule has 1 aromatic carbocycles. The fraction of sp³-hybridized carbons (Fsp3) is 0.500. The minimum Gasteiger partial charge on any atom is -0.444 e. The first kappa shape index (κ1) is 31.2. The average molecular weight is 635 g/mol. The highest BCUT2D eigenvalue weighted by Gasteiger charge is 2.47. The van der Waals surface area contributed by atoms with Crippen molar-refractivity contribution in [2.24, 2.45) is 5.92 Å². The first-order chi connectivity index (χ1) is 21.5. The van der Waals surface area contributed by atoms with Crippen LogP contribution in [0.1, 0.15) is 60.2 Å². The molecule has 1 saturated carbocycles. The average Bonchev–Trinajstić information content (AvgIpc) is 3.63. The lowest BCUT2D eigenvalue weighted by atomic mass is 10.0. The molecular formula is C32H39FN8O5. The van der Waals surface area contributed by atoms with Crippen molar-refractivity contribution in [2.45, 2.75) is 84.6 Å². The van der Waals surface area contributed by atoms with Gasteiger partial charge in [0.25, 0.3) is 0 Å². The number of carbonyl (C=O) groups is 2. The van der Waals surface area contributed by atoms with E-state index < -0.39 is 29.2 Å². The molecule has 244 valence electrons. The lowest BCUT2D eigenvalue weighted by molar-refractivity contribution is 0.0490. The minimum absolute atomic E-state index is 0.0426. The summed E-state index contributed by atoms with van der Waals surface area (Å²) in [6, 6.07) is 2.73. The quantitative estimate of drug-likeness (QED) is 0.268. The van der Waals surface area contributed by atoms with Crippen LogP contribution in [0.2, 0.25) is 0 Å². The molecule has 3 aromatic heterocycles. The maximum Gasteiger partial charge on any atom is 0.414 e. The molecule has 1 unspecified atom stereocenters. The van der Waals surface area contributed by atoms with E-state index in [1.807, 2.05) is 20.8 Å². The number of aromatic amines is 1. The summed E-state index contributed by atoms with van der Waals surface area (Å²) in [5.41, 5.74) is -0.162. The van der Waals surface area contributed by atoms with Crippen LogP contribution in [0.15, 0.2) is 24.5 Å². The molecule has 4 heterocycles. The molecule has 1 saturated heterocycles. The molecule has 3 atom stereocenters. The summed E-state index contributed by atoms with van der Waals surface area (Å²) in [5, 5.41) is 4.13. The number of amides is 2. The first-order valence-corrected chi connectivity index (χ1v) is 15.3. The van der Waals surface area contributed by atoms with Gasteiger partial charge in [0.05, 0.1) is 29.0 Å². The number of hydrogen-bond donors (Lipinski definition) is 2. The van der Waals surface area contributed by atoms with Crippen LogP contribution in [0, 0.1) is 18.7 Å². The van der Waals surface area contributed by atoms with Crippen LogP contribution >= 0.6 is 0 Å². The van der Waals surface area contributed by atoms with Crippen molar-refractivity contribution in [2.75, 3.05) is 23.4 Å². The number of benzene rings is 1. The smallest absolute Gasteiger partial charge is 0.414 e. The van der Waals surface area contributed by atoms with Crippen LogP contribution in [-0.2, 0) is 9.47 Å². The number of aryl methyl sites for hydroxylation is 1. The minimum atomic E-state index is -0.742. The Hall–Kier alpha value is -4.75. The second-order valence-electron chi connectivity index (χ2n) is 13.9. The maximum absolute atomic E-state index is 15.3. The van der Waals surface area contributed by atoms with E-state index in [1.54, 1.807) is 27.7 Å². The van der Waals surface area contributed by atoms with Gasteiger partial charge in [-0.1, -0.05) is 0 Å². The highest BCUT2D eigenvalue weighted by Crippen LogP contribution is 2.45. The van der Waals surface area contributed by atoms with Crippen molar-refractivity contribution in [3.8, 4) is 11.8 Å². The Morgan fingerprint density at radius 3 is 2.37 bits per heavy atom. The van der Waals surface area contributed by atoms with Crippen molar-refractivity contribution in [3.05, 3.63) is 36.2 Å². The molecule has 1 aliphatic carbocycles. The summed E-state index contributed by atoms with van der Waals surface area (Å²) in [6.45, 7) is 13.2. The first-order valence-electron chi connectivity index (χ1n) is 15.3. The van der Waals surface area contributed by atoms with Gasteiger partial charge in [0.2, 0.25) is 0 Å². The van der Waals surface area contributed by atoms with Crippen LogP contribution in [0.25, 0.3) is 21.9 Å². The molecule has 2 bridgehead atoms. The number of anilines is 2. The van der Waals surface area contributed by atoms with Gasteiger partial charge in [-0.05, 0) is 79.4 Å². The zero-order valence-electron chi connectivity index (χ0n) is 27.3. The van der Waals surface area contributed by atoms with Gasteiger partial charge < -0.3 is 29.4 Å². The molecule has 4 aromatic rings. The number of rotatable bonds is 5. The Morgan fingerprint density at radius 2 is 1.74 bits per heavy atom. The van der Waals surface area contributed by atoms with Crippen LogP contribution < -0.4 is 19.9 Å². The van der Waals surface area contributed by atoms with E-state index in [0.29, 0.717) is 52.3 Å². The molecule has 13 nitrogen and oxygen atoms in total. The fourth-order valence-electron chi connectivity index (χ4n) is 6.14. The fourth-order valence-corrected chi connectivity index (χ4v) is 6.14. The van der Waals surface area contributed by atoms with E-state index in [-0.39, 0.29) is 29.7 Å². The zero-order valence-corrected chi connectivity index (χ0v) is 27.3. The van der Waals surface area contributed by atoms with E-state index in [0.717, 1.165) is 6.42 Å². The molecule has 2 fully saturated rings. The molecule has 2 amide bonds. The topological polar surface area (TPSA) is 148 Å². The zero-order chi connectivity index (χ0) is 33.1. The summed E-state index contributed by atoms with van der Waals surface area (Å²) in [5.74, 6) is 1.11. The summed E-state index contributed by atoms with van der Waals surface area (Å²) < 4.78 is 32.3. The Bertz CT molecular complexity index is 1810. The number of halogens is 1. The number of aromatic nitrogens is 5. The van der Waals surface area contributed by atoms with Gasteiger partial charge in [0.1, 0.15) is 34.3 Å².